The summed E-state index contributed by atoms with van der Waals surface area (Å²) < 4.78 is 25.4. The summed E-state index contributed by atoms with van der Waals surface area (Å²) in [5.74, 6) is 0.213. The van der Waals surface area contributed by atoms with Crippen molar-refractivity contribution in [2.75, 3.05) is 31.9 Å². The maximum atomic E-state index is 11.9. The zero-order valence-electron chi connectivity index (χ0n) is 10.8. The average Bonchev–Trinajstić information content (AvgIpc) is 2.25. The van der Waals surface area contributed by atoms with Gasteiger partial charge < -0.3 is 5.32 Å². The number of hydrogen-bond donors (Lipinski definition) is 1. The second-order valence-corrected chi connectivity index (χ2v) is 6.00. The Morgan fingerprint density at radius 2 is 1.75 bits per heavy atom. The summed E-state index contributed by atoms with van der Waals surface area (Å²) in [6.45, 7) is 8.71. The Morgan fingerprint density at radius 3 is 2.25 bits per heavy atom. The number of rotatable bonds is 10. The van der Waals surface area contributed by atoms with Crippen LogP contribution in [0.5, 0.6) is 0 Å². The Balaban J connectivity index is 4.05. The fourth-order valence-electron chi connectivity index (χ4n) is 1.46. The van der Waals surface area contributed by atoms with E-state index in [1.54, 1.807) is 4.31 Å². The molecule has 0 bridgehead atoms. The smallest absolute Gasteiger partial charge is 0.215 e. The molecule has 0 aromatic carbocycles. The van der Waals surface area contributed by atoms with Gasteiger partial charge in [0.25, 0.3) is 0 Å². The third-order valence-corrected chi connectivity index (χ3v) is 4.42. The van der Waals surface area contributed by atoms with Crippen LogP contribution in [0.15, 0.2) is 0 Å². The van der Waals surface area contributed by atoms with E-state index in [0.29, 0.717) is 19.6 Å². The Morgan fingerprint density at radius 1 is 1.06 bits per heavy atom. The Hall–Kier alpha value is -0.130. The quantitative estimate of drug-likeness (QED) is 0.597. The van der Waals surface area contributed by atoms with Crippen molar-refractivity contribution >= 4 is 10.0 Å². The van der Waals surface area contributed by atoms with Gasteiger partial charge in [0, 0.05) is 19.6 Å². The van der Waals surface area contributed by atoms with Crippen molar-refractivity contribution in [2.24, 2.45) is 0 Å². The van der Waals surface area contributed by atoms with Crippen molar-refractivity contribution in [1.82, 2.24) is 9.62 Å². The normalized spacial score (nSPS) is 12.2. The van der Waals surface area contributed by atoms with Gasteiger partial charge in [0.1, 0.15) is 0 Å². The van der Waals surface area contributed by atoms with E-state index in [4.69, 9.17) is 0 Å². The SMILES string of the molecule is CCCCN(CC)S(=O)(=O)CCNCCC. The average molecular weight is 250 g/mol. The molecule has 0 aromatic rings. The van der Waals surface area contributed by atoms with Crippen LogP contribution in [0.4, 0.5) is 0 Å². The minimum absolute atomic E-state index is 0.213. The molecule has 0 fully saturated rings. The van der Waals surface area contributed by atoms with Crippen molar-refractivity contribution in [3.05, 3.63) is 0 Å². The van der Waals surface area contributed by atoms with E-state index in [9.17, 15) is 8.42 Å². The zero-order valence-corrected chi connectivity index (χ0v) is 11.6. The summed E-state index contributed by atoms with van der Waals surface area (Å²) in [5.41, 5.74) is 0. The van der Waals surface area contributed by atoms with Crippen LogP contribution in [0.3, 0.4) is 0 Å². The first-order valence-electron chi connectivity index (χ1n) is 6.27. The maximum Gasteiger partial charge on any atom is 0.215 e. The molecule has 0 atom stereocenters. The molecule has 0 unspecified atom stereocenters. The third-order valence-electron chi connectivity index (χ3n) is 2.47. The van der Waals surface area contributed by atoms with Crippen molar-refractivity contribution in [3.8, 4) is 0 Å². The summed E-state index contributed by atoms with van der Waals surface area (Å²) in [4.78, 5) is 0. The monoisotopic (exact) mass is 250 g/mol. The summed E-state index contributed by atoms with van der Waals surface area (Å²) in [7, 11) is -3.05. The van der Waals surface area contributed by atoms with Gasteiger partial charge >= 0.3 is 0 Å². The number of hydrogen-bond acceptors (Lipinski definition) is 3. The largest absolute Gasteiger partial charge is 0.316 e. The van der Waals surface area contributed by atoms with Gasteiger partial charge in [-0.1, -0.05) is 27.2 Å². The van der Waals surface area contributed by atoms with Gasteiger partial charge in [0.05, 0.1) is 5.75 Å². The molecule has 0 saturated carbocycles. The summed E-state index contributed by atoms with van der Waals surface area (Å²) >= 11 is 0. The first kappa shape index (κ1) is 15.9. The number of nitrogens with zero attached hydrogens (tertiary/aromatic N) is 1. The molecule has 0 spiro atoms. The molecule has 0 amide bonds. The minimum atomic E-state index is -3.05. The van der Waals surface area contributed by atoms with E-state index in [0.717, 1.165) is 25.8 Å². The topological polar surface area (TPSA) is 49.4 Å². The van der Waals surface area contributed by atoms with Crippen LogP contribution in [-0.4, -0.2) is 44.7 Å². The van der Waals surface area contributed by atoms with E-state index < -0.39 is 10.0 Å². The van der Waals surface area contributed by atoms with E-state index in [1.807, 2.05) is 6.92 Å². The lowest BCUT2D eigenvalue weighted by molar-refractivity contribution is 0.418. The minimum Gasteiger partial charge on any atom is -0.316 e. The number of nitrogens with one attached hydrogen (secondary N) is 1. The van der Waals surface area contributed by atoms with E-state index >= 15 is 0 Å². The van der Waals surface area contributed by atoms with Crippen molar-refractivity contribution < 1.29 is 8.42 Å². The highest BCUT2D eigenvalue weighted by Gasteiger charge is 2.18. The second kappa shape index (κ2) is 8.96. The molecular weight excluding hydrogens is 224 g/mol. The first-order chi connectivity index (χ1) is 7.58. The lowest BCUT2D eigenvalue weighted by Crippen LogP contribution is -2.37. The zero-order chi connectivity index (χ0) is 12.4. The molecule has 0 rings (SSSR count). The molecule has 0 radical (unpaired) electrons. The number of unbranched alkanes of at least 4 members (excludes halogenated alkanes) is 1. The van der Waals surface area contributed by atoms with Crippen LogP contribution in [0, 0.1) is 0 Å². The van der Waals surface area contributed by atoms with Gasteiger partial charge in [0.2, 0.25) is 10.0 Å². The highest BCUT2D eigenvalue weighted by Crippen LogP contribution is 2.03. The van der Waals surface area contributed by atoms with Crippen LogP contribution in [0.1, 0.15) is 40.0 Å². The van der Waals surface area contributed by atoms with Crippen molar-refractivity contribution in [2.45, 2.75) is 40.0 Å². The maximum absolute atomic E-state index is 11.9. The molecule has 1 N–H and O–H groups in total. The van der Waals surface area contributed by atoms with E-state index in [2.05, 4.69) is 19.2 Å². The molecule has 98 valence electrons. The summed E-state index contributed by atoms with van der Waals surface area (Å²) in [6, 6.07) is 0. The van der Waals surface area contributed by atoms with Crippen molar-refractivity contribution in [1.29, 1.82) is 0 Å². The molecule has 16 heavy (non-hydrogen) atoms. The molecule has 0 aliphatic carbocycles. The van der Waals surface area contributed by atoms with Crippen LogP contribution in [0.2, 0.25) is 0 Å². The van der Waals surface area contributed by atoms with Crippen LogP contribution >= 0.6 is 0 Å². The molecule has 4 nitrogen and oxygen atoms in total. The first-order valence-corrected chi connectivity index (χ1v) is 7.87. The second-order valence-electron chi connectivity index (χ2n) is 3.91. The fourth-order valence-corrected chi connectivity index (χ4v) is 2.92. The van der Waals surface area contributed by atoms with Gasteiger partial charge in [-0.3, -0.25) is 0 Å². The Labute approximate surface area is 100 Å². The lowest BCUT2D eigenvalue weighted by Gasteiger charge is -2.20. The van der Waals surface area contributed by atoms with Crippen LogP contribution in [-0.2, 0) is 10.0 Å². The molecule has 0 aliphatic rings. The molecule has 0 saturated heterocycles. The van der Waals surface area contributed by atoms with Gasteiger partial charge in [-0.2, -0.15) is 0 Å². The van der Waals surface area contributed by atoms with E-state index in [1.165, 1.54) is 0 Å². The van der Waals surface area contributed by atoms with Crippen LogP contribution in [0.25, 0.3) is 0 Å². The Bertz CT molecular complexity index is 253. The highest BCUT2D eigenvalue weighted by molar-refractivity contribution is 7.89. The van der Waals surface area contributed by atoms with Gasteiger partial charge in [-0.25, -0.2) is 12.7 Å². The lowest BCUT2D eigenvalue weighted by atomic mass is 10.3. The molecule has 0 aromatic heterocycles. The molecule has 0 heterocycles. The number of sulfonamides is 1. The molecule has 0 aliphatic heterocycles. The van der Waals surface area contributed by atoms with Crippen molar-refractivity contribution in [3.63, 3.8) is 0 Å². The fraction of sp³-hybridized carbons (Fsp3) is 1.00. The predicted molar refractivity (Wildman–Crippen MR) is 69.1 cm³/mol. The standard InChI is InChI=1S/C11H26N2O2S/c1-4-7-10-13(6-3)16(14,15)11-9-12-8-5-2/h12H,4-11H2,1-3H3. The molecular formula is C11H26N2O2S. The Kier molecular flexibility index (Phi) is 8.89. The van der Waals surface area contributed by atoms with Gasteiger partial charge in [-0.05, 0) is 19.4 Å². The molecule has 5 heteroatoms. The third kappa shape index (κ3) is 6.45. The van der Waals surface area contributed by atoms with Gasteiger partial charge in [-0.15, -0.1) is 0 Å². The summed E-state index contributed by atoms with van der Waals surface area (Å²) in [5, 5.41) is 3.12. The highest BCUT2D eigenvalue weighted by atomic mass is 32.2. The van der Waals surface area contributed by atoms with E-state index in [-0.39, 0.29) is 5.75 Å². The predicted octanol–water partition coefficient (Wildman–Crippen LogP) is 1.44. The summed E-state index contributed by atoms with van der Waals surface area (Å²) in [6.07, 6.45) is 3.00. The van der Waals surface area contributed by atoms with Gasteiger partial charge in [0.15, 0.2) is 0 Å². The van der Waals surface area contributed by atoms with Crippen LogP contribution < -0.4 is 5.32 Å².